The van der Waals surface area contributed by atoms with Crippen molar-refractivity contribution in [3.05, 3.63) is 34.4 Å². The summed E-state index contributed by atoms with van der Waals surface area (Å²) in [5.74, 6) is -3.41. The number of anilines is 1. The lowest BCUT2D eigenvalue weighted by Gasteiger charge is -2.41. The molecule has 2 amide bonds. The number of esters is 3. The van der Waals surface area contributed by atoms with Crippen LogP contribution in [0, 0.1) is 10.1 Å². The van der Waals surface area contributed by atoms with E-state index in [1.165, 1.54) is 12.1 Å². The van der Waals surface area contributed by atoms with Crippen molar-refractivity contribution in [1.82, 2.24) is 5.32 Å². The number of nitro benzene ring substituents is 1. The van der Waals surface area contributed by atoms with Crippen molar-refractivity contribution in [3.63, 3.8) is 0 Å². The fourth-order valence-electron chi connectivity index (χ4n) is 3.16. The molecule has 1 aromatic rings. The van der Waals surface area contributed by atoms with Crippen molar-refractivity contribution >= 4 is 47.2 Å². The van der Waals surface area contributed by atoms with Gasteiger partial charge >= 0.3 is 24.0 Å². The molecule has 1 unspecified atom stereocenters. The normalized spacial score (nSPS) is 21.6. The van der Waals surface area contributed by atoms with Gasteiger partial charge < -0.3 is 24.3 Å². The summed E-state index contributed by atoms with van der Waals surface area (Å²) in [5.41, 5.74) is -0.0650. The van der Waals surface area contributed by atoms with E-state index in [0.717, 1.165) is 39.8 Å². The van der Waals surface area contributed by atoms with Crippen LogP contribution in [0.2, 0.25) is 0 Å². The van der Waals surface area contributed by atoms with E-state index in [2.05, 4.69) is 15.8 Å². The number of hydrogen-bond acceptors (Lipinski definition) is 13. The first kappa shape index (κ1) is 28.5. The predicted molar refractivity (Wildman–Crippen MR) is 121 cm³/mol. The van der Waals surface area contributed by atoms with E-state index in [4.69, 9.17) is 23.8 Å². The minimum absolute atomic E-state index is 0.138. The van der Waals surface area contributed by atoms with Crippen molar-refractivity contribution in [1.29, 1.82) is 0 Å². The van der Waals surface area contributed by atoms with Gasteiger partial charge in [0.25, 0.3) is 11.6 Å². The maximum Gasteiger partial charge on any atom is 0.437 e. The molecule has 0 aliphatic carbocycles. The molecule has 37 heavy (non-hydrogen) atoms. The van der Waals surface area contributed by atoms with Gasteiger partial charge in [-0.15, -0.1) is 0 Å². The average Bonchev–Trinajstić information content (AvgIpc) is 2.79. The van der Waals surface area contributed by atoms with Crippen molar-refractivity contribution in [3.8, 4) is 0 Å². The van der Waals surface area contributed by atoms with Crippen LogP contribution in [0.1, 0.15) is 27.7 Å². The highest BCUT2D eigenvalue weighted by molar-refractivity contribution is 5.90. The predicted octanol–water partition coefficient (Wildman–Crippen LogP) is 0.787. The number of oxime groups is 1. The van der Waals surface area contributed by atoms with Crippen molar-refractivity contribution in [2.45, 2.75) is 52.0 Å². The Morgan fingerprint density at radius 3 is 2.08 bits per heavy atom. The van der Waals surface area contributed by atoms with Gasteiger partial charge in [-0.25, -0.2) is 4.79 Å². The number of nitrogens with zero attached hydrogens (tertiary/aromatic N) is 2. The quantitative estimate of drug-likeness (QED) is 0.159. The van der Waals surface area contributed by atoms with E-state index >= 15 is 0 Å². The molecule has 2 rings (SSSR count). The van der Waals surface area contributed by atoms with Crippen LogP contribution < -0.4 is 10.6 Å². The molecule has 1 saturated heterocycles. The molecule has 1 aromatic carbocycles. The van der Waals surface area contributed by atoms with E-state index in [9.17, 15) is 34.1 Å². The number of ether oxygens (including phenoxy) is 4. The van der Waals surface area contributed by atoms with Gasteiger partial charge in [0, 0.05) is 45.5 Å². The fourth-order valence-corrected chi connectivity index (χ4v) is 3.16. The highest BCUT2D eigenvalue weighted by atomic mass is 16.7. The Hall–Kier alpha value is -4.76. The molecule has 0 spiro atoms. The third-order valence-electron chi connectivity index (χ3n) is 4.51. The molecule has 0 aromatic heterocycles. The third-order valence-corrected chi connectivity index (χ3v) is 4.51. The second-order valence-electron chi connectivity index (χ2n) is 7.52. The lowest BCUT2D eigenvalue weighted by molar-refractivity contribution is -0.384. The number of nitro groups is 1. The number of carbonyl (C=O) groups excluding carboxylic acids is 5. The zero-order chi connectivity index (χ0) is 27.7. The van der Waals surface area contributed by atoms with Gasteiger partial charge in [0.15, 0.2) is 18.3 Å². The zero-order valence-electron chi connectivity index (χ0n) is 20.1. The summed E-state index contributed by atoms with van der Waals surface area (Å²) in [5, 5.41) is 19.0. The summed E-state index contributed by atoms with van der Waals surface area (Å²) >= 11 is 0. The van der Waals surface area contributed by atoms with Gasteiger partial charge in [0.1, 0.15) is 12.6 Å². The summed E-state index contributed by atoms with van der Waals surface area (Å²) in [7, 11) is 0. The van der Waals surface area contributed by atoms with Crippen LogP contribution in [0.25, 0.3) is 0 Å². The topological polar surface area (TPSA) is 211 Å². The number of nitrogens with one attached hydrogen (secondary N) is 2. The summed E-state index contributed by atoms with van der Waals surface area (Å²) < 4.78 is 21.1. The van der Waals surface area contributed by atoms with Gasteiger partial charge in [-0.05, 0) is 17.3 Å². The zero-order valence-corrected chi connectivity index (χ0v) is 20.1. The van der Waals surface area contributed by atoms with Crippen molar-refractivity contribution < 1.29 is 52.7 Å². The first-order valence-corrected chi connectivity index (χ1v) is 10.6. The highest BCUT2D eigenvalue weighted by Gasteiger charge is 2.50. The van der Waals surface area contributed by atoms with E-state index in [1.807, 2.05) is 0 Å². The Morgan fingerprint density at radius 2 is 1.57 bits per heavy atom. The largest absolute Gasteiger partial charge is 0.466 e. The minimum Gasteiger partial charge on any atom is -0.466 e. The van der Waals surface area contributed by atoms with Gasteiger partial charge in [-0.1, -0.05) is 0 Å². The lowest BCUT2D eigenvalue weighted by Crippen LogP contribution is -2.64. The van der Waals surface area contributed by atoms with Crippen molar-refractivity contribution in [2.75, 3.05) is 11.9 Å². The number of rotatable bonds is 8. The number of amides is 2. The fraction of sp³-hybridized carbons (Fsp3) is 0.429. The monoisotopic (exact) mass is 524 g/mol. The van der Waals surface area contributed by atoms with Gasteiger partial charge in [0.2, 0.25) is 5.91 Å². The molecule has 4 atom stereocenters. The summed E-state index contributed by atoms with van der Waals surface area (Å²) in [6.07, 6.45) is -5.19. The summed E-state index contributed by atoms with van der Waals surface area (Å²) in [4.78, 5) is 73.9. The third kappa shape index (κ3) is 8.75. The lowest BCUT2D eigenvalue weighted by atomic mass is 9.96. The standard InChI is InChI=1S/C21H24N4O12/c1-10(26)22-17-19(35-13(4)29)18(34-12(3)28)16(9-33-11(2)27)36-20(17)24-37-21(30)23-14-5-7-15(8-6-14)25(31)32/h5-8,16-19H,9H2,1-4H3,(H,22,26)(H,23,30)/t16?,17-,18+,19+/m0/s1. The SMILES string of the molecule is CC(=O)N[C@@H]1C(=NOC(=O)Nc2ccc([N+](=O)[O-])cc2)OC(COC(C)=O)[C@@H](OC(C)=O)[C@@H]1OC(C)=O. The Labute approximate surface area is 209 Å². The Bertz CT molecular complexity index is 1090. The Balaban J connectivity index is 2.34. The van der Waals surface area contributed by atoms with Crippen LogP contribution in [-0.4, -0.2) is 71.7 Å². The number of carbonyl (C=O) groups is 5. The maximum atomic E-state index is 12.2. The van der Waals surface area contributed by atoms with Crippen LogP contribution in [0.3, 0.4) is 0 Å². The molecule has 16 heteroatoms. The van der Waals surface area contributed by atoms with Crippen LogP contribution in [-0.2, 0) is 43.0 Å². The molecule has 1 heterocycles. The van der Waals surface area contributed by atoms with Crippen LogP contribution in [0.15, 0.2) is 29.4 Å². The Morgan fingerprint density at radius 1 is 0.973 bits per heavy atom. The maximum absolute atomic E-state index is 12.2. The number of hydrogen-bond donors (Lipinski definition) is 2. The molecule has 0 radical (unpaired) electrons. The number of benzene rings is 1. The molecular weight excluding hydrogens is 500 g/mol. The van der Waals surface area contributed by atoms with E-state index in [-0.39, 0.29) is 11.4 Å². The van der Waals surface area contributed by atoms with Crippen LogP contribution in [0.4, 0.5) is 16.2 Å². The molecule has 0 bridgehead atoms. The molecule has 1 fully saturated rings. The number of non-ortho nitro benzene ring substituents is 1. The van der Waals surface area contributed by atoms with Gasteiger partial charge in [-0.3, -0.25) is 39.4 Å². The van der Waals surface area contributed by atoms with E-state index in [1.54, 1.807) is 0 Å². The smallest absolute Gasteiger partial charge is 0.437 e. The molecule has 16 nitrogen and oxygen atoms in total. The van der Waals surface area contributed by atoms with Gasteiger partial charge in [-0.2, -0.15) is 0 Å². The van der Waals surface area contributed by atoms with Crippen molar-refractivity contribution in [2.24, 2.45) is 5.16 Å². The van der Waals surface area contributed by atoms with E-state index < -0.39 is 71.7 Å². The average molecular weight is 524 g/mol. The first-order valence-electron chi connectivity index (χ1n) is 10.6. The molecule has 1 aliphatic heterocycles. The van der Waals surface area contributed by atoms with Crippen LogP contribution >= 0.6 is 0 Å². The summed E-state index contributed by atoms with van der Waals surface area (Å²) in [6, 6.07) is 3.42. The molecule has 1 aliphatic rings. The second kappa shape index (κ2) is 12.8. The first-order chi connectivity index (χ1) is 17.4. The van der Waals surface area contributed by atoms with E-state index in [0.29, 0.717) is 0 Å². The molecular formula is C21H24N4O12. The minimum atomic E-state index is -1.42. The van der Waals surface area contributed by atoms with Crippen LogP contribution in [0.5, 0.6) is 0 Å². The summed E-state index contributed by atoms with van der Waals surface area (Å²) in [6.45, 7) is 3.92. The molecule has 2 N–H and O–H groups in total. The molecule has 200 valence electrons. The highest BCUT2D eigenvalue weighted by Crippen LogP contribution is 2.25. The molecule has 0 saturated carbocycles. The van der Waals surface area contributed by atoms with Gasteiger partial charge in [0.05, 0.1) is 4.92 Å². The second-order valence-corrected chi connectivity index (χ2v) is 7.52. The Kier molecular flexibility index (Phi) is 9.85.